The van der Waals surface area contributed by atoms with E-state index in [0.29, 0.717) is 6.61 Å². The minimum atomic E-state index is -2.81. The van der Waals surface area contributed by atoms with Crippen LogP contribution in [0.4, 0.5) is 0 Å². The third-order valence-corrected chi connectivity index (χ3v) is 4.01. The lowest BCUT2D eigenvalue weighted by molar-refractivity contribution is -0.137. The van der Waals surface area contributed by atoms with Crippen molar-refractivity contribution in [3.8, 4) is 0 Å². The molecule has 5 nitrogen and oxygen atoms in total. The van der Waals surface area contributed by atoms with Crippen LogP contribution < -0.4 is 0 Å². The van der Waals surface area contributed by atoms with Crippen molar-refractivity contribution < 1.29 is 22.8 Å². The van der Waals surface area contributed by atoms with Crippen LogP contribution in [0.3, 0.4) is 0 Å². The van der Waals surface area contributed by atoms with Crippen LogP contribution in [-0.2, 0) is 22.8 Å². The third-order valence-electron chi connectivity index (χ3n) is 1.54. The molecule has 15 heavy (non-hydrogen) atoms. The van der Waals surface area contributed by atoms with Crippen molar-refractivity contribution in [2.24, 2.45) is 0 Å². The first-order valence-corrected chi connectivity index (χ1v) is 6.10. The highest BCUT2D eigenvalue weighted by Gasteiger charge is 2.40. The molecular formula is C8H16O5Si2. The van der Waals surface area contributed by atoms with Gasteiger partial charge >= 0.3 is 14.8 Å². The predicted octanol–water partition coefficient (Wildman–Crippen LogP) is 0.142. The van der Waals surface area contributed by atoms with E-state index < -0.39 is 14.8 Å². The summed E-state index contributed by atoms with van der Waals surface area (Å²) < 4.78 is 20.3. The van der Waals surface area contributed by atoms with Gasteiger partial charge in [-0.15, -0.1) is 0 Å². The molecule has 0 N–H and O–H groups in total. The van der Waals surface area contributed by atoms with Crippen LogP contribution in [0.1, 0.15) is 6.92 Å². The Labute approximate surface area is 95.7 Å². The minimum Gasteiger partial charge on any atom is -0.458 e. The van der Waals surface area contributed by atoms with Crippen molar-refractivity contribution in [3.63, 3.8) is 0 Å². The van der Waals surface area contributed by atoms with Crippen LogP contribution in [0.2, 0.25) is 0 Å². The molecule has 0 spiro atoms. The first kappa shape index (κ1) is 16.9. The Kier molecular flexibility index (Phi) is 9.94. The van der Waals surface area contributed by atoms with E-state index in [-0.39, 0.29) is 17.2 Å². The molecule has 0 aliphatic carbocycles. The summed E-state index contributed by atoms with van der Waals surface area (Å²) in [4.78, 5) is 10.8. The largest absolute Gasteiger partial charge is 0.540 e. The van der Waals surface area contributed by atoms with E-state index >= 15 is 0 Å². The monoisotopic (exact) mass is 248 g/mol. The van der Waals surface area contributed by atoms with Crippen molar-refractivity contribution in [2.45, 2.75) is 6.92 Å². The van der Waals surface area contributed by atoms with E-state index in [4.69, 9.17) is 18.0 Å². The molecule has 0 aromatic heterocycles. The molecule has 0 fully saturated rings. The second kappa shape index (κ2) is 8.80. The van der Waals surface area contributed by atoms with Crippen molar-refractivity contribution in [1.82, 2.24) is 0 Å². The molecule has 0 heterocycles. The predicted molar refractivity (Wildman–Crippen MR) is 58.3 cm³/mol. The molecule has 0 aliphatic rings. The van der Waals surface area contributed by atoms with Gasteiger partial charge in [-0.2, -0.15) is 0 Å². The van der Waals surface area contributed by atoms with Gasteiger partial charge in [-0.1, -0.05) is 6.58 Å². The fourth-order valence-electron chi connectivity index (χ4n) is 0.799. The number of carbonyl (C=O) groups excluding carboxylic acids is 1. The molecule has 0 rings (SSSR count). The van der Waals surface area contributed by atoms with Gasteiger partial charge in [0.25, 0.3) is 0 Å². The van der Waals surface area contributed by atoms with Crippen LogP contribution in [0.25, 0.3) is 0 Å². The van der Waals surface area contributed by atoms with Crippen LogP contribution >= 0.6 is 0 Å². The van der Waals surface area contributed by atoms with Gasteiger partial charge in [0.1, 0.15) is 0 Å². The second-order valence-electron chi connectivity index (χ2n) is 2.34. The molecule has 0 saturated heterocycles. The molecule has 0 aromatic carbocycles. The summed E-state index contributed by atoms with van der Waals surface area (Å²) in [7, 11) is 0.117. The smallest absolute Gasteiger partial charge is 0.458 e. The molecule has 0 aromatic rings. The lowest BCUT2D eigenvalue weighted by atomic mass is 10.7. The molecule has 0 bridgehead atoms. The van der Waals surface area contributed by atoms with Gasteiger partial charge in [-0.25, -0.2) is 4.79 Å². The Morgan fingerprint density at radius 1 is 1.40 bits per heavy atom. The molecule has 0 amide bonds. The number of hydrogen-bond acceptors (Lipinski definition) is 5. The van der Waals surface area contributed by atoms with Gasteiger partial charge in [-0.05, 0) is 6.92 Å². The fraction of sp³-hybridized carbons (Fsp3) is 0.625. The maximum absolute atomic E-state index is 10.8. The zero-order valence-electron chi connectivity index (χ0n) is 9.24. The second-order valence-corrected chi connectivity index (χ2v) is 5.10. The number of ether oxygens (including phenoxy) is 1. The summed E-state index contributed by atoms with van der Waals surface area (Å²) >= 11 is 0. The minimum absolute atomic E-state index is 0. The Hall–Kier alpha value is -0.476. The maximum atomic E-state index is 10.8. The number of rotatable bonds is 7. The number of hydrogen-bond donors (Lipinski definition) is 0. The van der Waals surface area contributed by atoms with E-state index in [9.17, 15) is 4.79 Å². The molecule has 7 heteroatoms. The topological polar surface area (TPSA) is 54.0 Å². The highest BCUT2D eigenvalue weighted by atomic mass is 28.4. The first-order chi connectivity index (χ1) is 6.64. The third kappa shape index (κ3) is 5.85. The highest BCUT2D eigenvalue weighted by molar-refractivity contribution is 6.60. The Morgan fingerprint density at radius 2 is 1.93 bits per heavy atom. The Morgan fingerprint density at radius 3 is 2.27 bits per heavy atom. The van der Waals surface area contributed by atoms with Crippen LogP contribution in [0, 0.1) is 0 Å². The average molecular weight is 248 g/mol. The molecule has 86 valence electrons. The van der Waals surface area contributed by atoms with E-state index in [0.717, 1.165) is 6.08 Å². The Bertz CT molecular complexity index is 193. The molecule has 4 radical (unpaired) electrons. The Balaban J connectivity index is 0. The normalized spacial score (nSPS) is 10.3. The molecule has 0 saturated carbocycles. The SMILES string of the molecule is C=CC(=O)OC[Si](OC)(OC)OCC.[Si]. The zero-order chi connectivity index (χ0) is 11.0. The summed E-state index contributed by atoms with van der Waals surface area (Å²) in [5.74, 6) is -0.518. The van der Waals surface area contributed by atoms with Gasteiger partial charge in [0.2, 0.25) is 0 Å². The summed E-state index contributed by atoms with van der Waals surface area (Å²) in [5, 5.41) is 0. The highest BCUT2D eigenvalue weighted by Crippen LogP contribution is 2.07. The van der Waals surface area contributed by atoms with Gasteiger partial charge in [-0.3, -0.25) is 0 Å². The number of esters is 1. The van der Waals surface area contributed by atoms with Gasteiger partial charge < -0.3 is 18.0 Å². The van der Waals surface area contributed by atoms with Gasteiger partial charge in [0.15, 0.2) is 6.23 Å². The lowest BCUT2D eigenvalue weighted by Gasteiger charge is -2.24. The van der Waals surface area contributed by atoms with Crippen LogP contribution in [0.5, 0.6) is 0 Å². The van der Waals surface area contributed by atoms with Crippen molar-refractivity contribution in [3.05, 3.63) is 12.7 Å². The average Bonchev–Trinajstić information content (AvgIpc) is 2.24. The summed E-state index contributed by atoms with van der Waals surface area (Å²) in [6.07, 6.45) is 1.08. The lowest BCUT2D eigenvalue weighted by Crippen LogP contribution is -2.49. The standard InChI is InChI=1S/C8H16O5Si.Si/c1-5-8(9)12-7-14(10-3,11-4)13-6-2;/h5H,1,6-7H2,2-4H3;. The fourth-order valence-corrected chi connectivity index (χ4v) is 2.28. The van der Waals surface area contributed by atoms with Crippen molar-refractivity contribution in [2.75, 3.05) is 27.1 Å². The summed E-state index contributed by atoms with van der Waals surface area (Å²) in [5.41, 5.74) is 0. The van der Waals surface area contributed by atoms with Crippen molar-refractivity contribution in [1.29, 1.82) is 0 Å². The zero-order valence-corrected chi connectivity index (χ0v) is 11.2. The van der Waals surface area contributed by atoms with Gasteiger partial charge in [0, 0.05) is 37.9 Å². The van der Waals surface area contributed by atoms with Crippen LogP contribution in [-0.4, -0.2) is 52.8 Å². The first-order valence-electron chi connectivity index (χ1n) is 4.17. The molecule has 0 unspecified atom stereocenters. The van der Waals surface area contributed by atoms with E-state index in [1.54, 1.807) is 0 Å². The number of carbonyl (C=O) groups is 1. The van der Waals surface area contributed by atoms with E-state index in [1.165, 1.54) is 14.2 Å². The quantitative estimate of drug-likeness (QED) is 0.364. The van der Waals surface area contributed by atoms with E-state index in [2.05, 4.69) is 6.58 Å². The van der Waals surface area contributed by atoms with E-state index in [1.807, 2.05) is 6.92 Å². The molecular weight excluding hydrogens is 232 g/mol. The molecule has 0 aliphatic heterocycles. The van der Waals surface area contributed by atoms with Crippen LogP contribution in [0.15, 0.2) is 12.7 Å². The molecule has 0 atom stereocenters. The maximum Gasteiger partial charge on any atom is 0.540 e. The summed E-state index contributed by atoms with van der Waals surface area (Å²) in [6, 6.07) is 0. The van der Waals surface area contributed by atoms with Gasteiger partial charge in [0.05, 0.1) is 0 Å². The van der Waals surface area contributed by atoms with Crippen molar-refractivity contribution >= 4 is 25.7 Å². The summed E-state index contributed by atoms with van der Waals surface area (Å²) in [6.45, 7) is 5.54.